The van der Waals surface area contributed by atoms with E-state index in [9.17, 15) is 46.6 Å². The van der Waals surface area contributed by atoms with E-state index in [0.717, 1.165) is 23.8 Å². The van der Waals surface area contributed by atoms with Crippen molar-refractivity contribution in [3.63, 3.8) is 0 Å². The molecule has 0 spiro atoms. The molecule has 3 aromatic rings. The van der Waals surface area contributed by atoms with Crippen molar-refractivity contribution in [1.82, 2.24) is 25.4 Å². The first-order valence-electron chi connectivity index (χ1n) is 17.4. The van der Waals surface area contributed by atoms with E-state index < -0.39 is 90.1 Å². The molecule has 0 aliphatic heterocycles. The molecular weight excluding hydrogens is 781 g/mol. The van der Waals surface area contributed by atoms with Crippen molar-refractivity contribution < 1.29 is 66.0 Å². The summed E-state index contributed by atoms with van der Waals surface area (Å²) in [5.41, 5.74) is 11.9. The first-order chi connectivity index (χ1) is 27.0. The van der Waals surface area contributed by atoms with Gasteiger partial charge in [0.05, 0.1) is 18.5 Å². The number of nitrogens with zero attached hydrogens (tertiary/aromatic N) is 2. The standard InChI is InChI=1S/C35H45F2N7O7.C2HF3O2/c1-35(2,3)31(28-15-22(24-16-23(36)9-10-25(24)37)19-43(28)18-21-7-5-4-6-8-21)44(30(47)20-45)14-11-27(33(49)40-12-13-41-34(50)51)42-32(48)26(38)17-29(39)46;3-2(4,5)1(6)7/h4-10,15-16,19,26-27,31,41,45H,11-14,17-18,20,38H2,1-3H3,(H2,39,46)(H,40,49)(H,42,48)(H,50,51);(H,6,7)/t26-,27-,31-;/m0./s1. The third-order valence-corrected chi connectivity index (χ3v) is 8.23. The maximum atomic E-state index is 15.1. The Morgan fingerprint density at radius 3 is 2.03 bits per heavy atom. The van der Waals surface area contributed by atoms with Gasteiger partial charge in [0, 0.05) is 49.2 Å². The number of amides is 5. The summed E-state index contributed by atoms with van der Waals surface area (Å²) in [7, 11) is 0. The van der Waals surface area contributed by atoms with Crippen molar-refractivity contribution in [3.05, 3.63) is 83.7 Å². The number of alkyl halides is 3. The fourth-order valence-electron chi connectivity index (χ4n) is 5.70. The number of aromatic nitrogens is 1. The molecule has 1 aromatic heterocycles. The summed E-state index contributed by atoms with van der Waals surface area (Å²) in [6.45, 7) is 4.43. The lowest BCUT2D eigenvalue weighted by molar-refractivity contribution is -0.192. The molecule has 2 aromatic carbocycles. The number of hydrogen-bond acceptors (Lipinski definition) is 8. The Kier molecular flexibility index (Phi) is 17.8. The number of nitrogens with two attached hydrogens (primary N) is 2. The Morgan fingerprint density at radius 1 is 0.897 bits per heavy atom. The van der Waals surface area contributed by atoms with Crippen LogP contribution in [-0.2, 0) is 30.5 Å². The van der Waals surface area contributed by atoms with Gasteiger partial charge in [0.25, 0.3) is 0 Å². The number of carboxylic acid groups (broad SMARTS) is 2. The molecule has 1 heterocycles. The molecule has 0 saturated carbocycles. The second-order valence-electron chi connectivity index (χ2n) is 13.9. The molecule has 0 fully saturated rings. The van der Waals surface area contributed by atoms with E-state index >= 15 is 4.39 Å². The van der Waals surface area contributed by atoms with Crippen LogP contribution in [0, 0.1) is 17.0 Å². The summed E-state index contributed by atoms with van der Waals surface area (Å²) in [4.78, 5) is 72.2. The number of aliphatic carboxylic acids is 1. The number of nitrogens with one attached hydrogen (secondary N) is 3. The zero-order valence-electron chi connectivity index (χ0n) is 31.7. The Hall–Kier alpha value is -6.09. The molecule has 0 aliphatic carbocycles. The van der Waals surface area contributed by atoms with Crippen LogP contribution in [0.25, 0.3) is 11.1 Å². The van der Waals surface area contributed by atoms with Crippen molar-refractivity contribution in [1.29, 1.82) is 0 Å². The summed E-state index contributed by atoms with van der Waals surface area (Å²) >= 11 is 0. The van der Waals surface area contributed by atoms with E-state index in [1.54, 1.807) is 12.3 Å². The van der Waals surface area contributed by atoms with Gasteiger partial charge in [-0.2, -0.15) is 13.2 Å². The SMILES string of the molecule is CC(C)(C)[C@H](c1cc(-c2cc(F)ccc2F)cn1Cc1ccccc1)N(CC[C@H](NC(=O)[C@@H](N)CC(N)=O)C(=O)NCCNC(=O)O)C(=O)CO.O=C(O)C(F)(F)F. The minimum Gasteiger partial charge on any atom is -0.475 e. The molecular formula is C37H46F5N7O9. The second kappa shape index (κ2) is 21.4. The molecule has 58 heavy (non-hydrogen) atoms. The summed E-state index contributed by atoms with van der Waals surface area (Å²) < 4.78 is 62.9. The highest BCUT2D eigenvalue weighted by atomic mass is 19.4. The van der Waals surface area contributed by atoms with Crippen molar-refractivity contribution in [2.75, 3.05) is 26.2 Å². The average molecular weight is 828 g/mol. The zero-order valence-corrected chi connectivity index (χ0v) is 31.7. The van der Waals surface area contributed by atoms with E-state index in [2.05, 4.69) is 16.0 Å². The van der Waals surface area contributed by atoms with E-state index in [0.29, 0.717) is 11.3 Å². The maximum absolute atomic E-state index is 15.1. The number of hydrogen-bond donors (Lipinski definition) is 8. The predicted molar refractivity (Wildman–Crippen MR) is 197 cm³/mol. The van der Waals surface area contributed by atoms with Crippen LogP contribution >= 0.6 is 0 Å². The van der Waals surface area contributed by atoms with Gasteiger partial charge in [0.15, 0.2) is 0 Å². The van der Waals surface area contributed by atoms with Crippen LogP contribution in [0.3, 0.4) is 0 Å². The molecule has 0 bridgehead atoms. The van der Waals surface area contributed by atoms with Crippen LogP contribution in [0.2, 0.25) is 0 Å². The van der Waals surface area contributed by atoms with Crippen molar-refractivity contribution in [2.45, 2.75) is 64.5 Å². The highest BCUT2D eigenvalue weighted by molar-refractivity contribution is 5.92. The monoisotopic (exact) mass is 827 g/mol. The second-order valence-corrected chi connectivity index (χ2v) is 13.9. The fraction of sp³-hybridized carbons (Fsp3) is 0.405. The first kappa shape index (κ1) is 48.1. The molecule has 16 nitrogen and oxygen atoms in total. The zero-order chi connectivity index (χ0) is 44.0. The van der Waals surface area contributed by atoms with Gasteiger partial charge >= 0.3 is 18.2 Å². The largest absolute Gasteiger partial charge is 0.490 e. The third-order valence-electron chi connectivity index (χ3n) is 8.23. The van der Waals surface area contributed by atoms with Crippen LogP contribution in [0.4, 0.5) is 26.7 Å². The van der Waals surface area contributed by atoms with Gasteiger partial charge in [-0.1, -0.05) is 51.1 Å². The molecule has 0 saturated heterocycles. The minimum atomic E-state index is -5.08. The fourth-order valence-corrected chi connectivity index (χ4v) is 5.70. The number of aliphatic hydroxyl groups is 1. The third kappa shape index (κ3) is 15.1. The highest BCUT2D eigenvalue weighted by Crippen LogP contribution is 2.41. The topological polar surface area (TPSA) is 259 Å². The Bertz CT molecular complexity index is 1900. The van der Waals surface area contributed by atoms with E-state index in [1.807, 2.05) is 55.7 Å². The first-order valence-corrected chi connectivity index (χ1v) is 17.4. The number of rotatable bonds is 17. The summed E-state index contributed by atoms with van der Waals surface area (Å²) in [5, 5.41) is 33.2. The quantitative estimate of drug-likeness (QED) is 0.0729. The molecule has 0 radical (unpaired) electrons. The summed E-state index contributed by atoms with van der Waals surface area (Å²) in [6, 6.07) is 10.5. The predicted octanol–water partition coefficient (Wildman–Crippen LogP) is 2.48. The van der Waals surface area contributed by atoms with Crippen LogP contribution in [-0.4, -0.2) is 105 Å². The maximum Gasteiger partial charge on any atom is 0.490 e. The Balaban J connectivity index is 0.00000151. The van der Waals surface area contributed by atoms with Gasteiger partial charge in [0.1, 0.15) is 24.3 Å². The molecule has 3 atom stereocenters. The van der Waals surface area contributed by atoms with Gasteiger partial charge in [-0.15, -0.1) is 0 Å². The van der Waals surface area contributed by atoms with Gasteiger partial charge < -0.3 is 52.2 Å². The molecule has 0 aliphatic rings. The van der Waals surface area contributed by atoms with Crippen molar-refractivity contribution >= 4 is 35.7 Å². The number of halogens is 5. The Morgan fingerprint density at radius 2 is 1.50 bits per heavy atom. The van der Waals surface area contributed by atoms with Crippen LogP contribution < -0.4 is 27.4 Å². The van der Waals surface area contributed by atoms with Crippen LogP contribution in [0.5, 0.6) is 0 Å². The molecule has 21 heteroatoms. The molecule has 0 unspecified atom stereocenters. The van der Waals surface area contributed by atoms with Gasteiger partial charge in [-0.3, -0.25) is 19.2 Å². The minimum absolute atomic E-state index is 0.000101. The highest BCUT2D eigenvalue weighted by Gasteiger charge is 2.39. The summed E-state index contributed by atoms with van der Waals surface area (Å²) in [6.07, 6.45) is -5.45. The van der Waals surface area contributed by atoms with Gasteiger partial charge in [0.2, 0.25) is 23.6 Å². The molecule has 10 N–H and O–H groups in total. The molecule has 318 valence electrons. The molecule has 3 rings (SSSR count). The van der Waals surface area contributed by atoms with E-state index in [1.165, 1.54) is 4.90 Å². The number of carbonyl (C=O) groups excluding carboxylic acids is 4. The van der Waals surface area contributed by atoms with E-state index in [4.69, 9.17) is 26.5 Å². The lowest BCUT2D eigenvalue weighted by Gasteiger charge is -2.41. The summed E-state index contributed by atoms with van der Waals surface area (Å²) in [5.74, 6) is -7.23. The van der Waals surface area contributed by atoms with E-state index in [-0.39, 0.29) is 38.2 Å². The number of benzene rings is 2. The smallest absolute Gasteiger partial charge is 0.475 e. The molecule has 5 amide bonds. The lowest BCUT2D eigenvalue weighted by atomic mass is 9.82. The Labute approximate surface area is 329 Å². The average Bonchev–Trinajstić information content (AvgIpc) is 3.53. The normalized spacial score (nSPS) is 12.9. The van der Waals surface area contributed by atoms with Gasteiger partial charge in [-0.05, 0) is 41.7 Å². The number of carboxylic acids is 1. The lowest BCUT2D eigenvalue weighted by Crippen LogP contribution is -2.54. The van der Waals surface area contributed by atoms with Crippen molar-refractivity contribution in [3.8, 4) is 11.1 Å². The number of aliphatic hydroxyl groups excluding tert-OH is 1. The number of primary amides is 1. The number of carbonyl (C=O) groups is 6. The van der Waals surface area contributed by atoms with Crippen LogP contribution in [0.1, 0.15) is 50.9 Å². The van der Waals surface area contributed by atoms with Gasteiger partial charge in [-0.25, -0.2) is 18.4 Å². The van der Waals surface area contributed by atoms with Crippen LogP contribution in [0.15, 0.2) is 60.8 Å². The van der Waals surface area contributed by atoms with Crippen molar-refractivity contribution in [2.24, 2.45) is 16.9 Å².